The van der Waals surface area contributed by atoms with Crippen molar-refractivity contribution in [3.8, 4) is 0 Å². The molecule has 96 valence electrons. The monoisotopic (exact) mass is 236 g/mol. The van der Waals surface area contributed by atoms with Gasteiger partial charge in [0, 0.05) is 19.3 Å². The van der Waals surface area contributed by atoms with E-state index in [1.165, 1.54) is 25.9 Å². The van der Waals surface area contributed by atoms with E-state index in [9.17, 15) is 0 Å². The maximum atomic E-state index is 4.16. The number of hydrogen-bond donors (Lipinski definition) is 0. The normalized spacial score (nSPS) is 19.1. The van der Waals surface area contributed by atoms with Gasteiger partial charge in [0.25, 0.3) is 0 Å². The van der Waals surface area contributed by atoms with E-state index in [4.69, 9.17) is 0 Å². The highest BCUT2D eigenvalue weighted by Gasteiger charge is 2.21. The van der Waals surface area contributed by atoms with Crippen molar-refractivity contribution in [1.82, 2.24) is 19.9 Å². The summed E-state index contributed by atoms with van der Waals surface area (Å²) in [4.78, 5) is 2.48. The van der Waals surface area contributed by atoms with Crippen LogP contribution < -0.4 is 0 Å². The number of hydrogen-bond acceptors (Lipinski definition) is 3. The summed E-state index contributed by atoms with van der Waals surface area (Å²) in [7, 11) is 0. The molecule has 1 saturated heterocycles. The van der Waals surface area contributed by atoms with Gasteiger partial charge in [0.1, 0.15) is 0 Å². The Morgan fingerprint density at radius 2 is 2.06 bits per heavy atom. The lowest BCUT2D eigenvalue weighted by Crippen LogP contribution is -2.36. The third-order valence-corrected chi connectivity index (χ3v) is 3.87. The Balaban J connectivity index is 1.81. The summed E-state index contributed by atoms with van der Waals surface area (Å²) in [5, 5.41) is 8.29. The van der Waals surface area contributed by atoms with Crippen molar-refractivity contribution in [3.63, 3.8) is 0 Å². The summed E-state index contributed by atoms with van der Waals surface area (Å²) in [6.45, 7) is 10.1. The van der Waals surface area contributed by atoms with Crippen LogP contribution >= 0.6 is 0 Å². The fraction of sp³-hybridized carbons (Fsp3) is 0.846. The fourth-order valence-corrected chi connectivity index (χ4v) is 2.54. The van der Waals surface area contributed by atoms with Gasteiger partial charge in [0.05, 0.1) is 12.4 Å². The van der Waals surface area contributed by atoms with Gasteiger partial charge in [-0.15, -0.1) is 5.10 Å². The van der Waals surface area contributed by atoms with Crippen molar-refractivity contribution in [1.29, 1.82) is 0 Å². The number of likely N-dealkylation sites (tertiary alicyclic amines) is 1. The summed E-state index contributed by atoms with van der Waals surface area (Å²) in [5.74, 6) is 1.74. The standard InChI is InChI=1S/C13H24N4/c1-4-13-9-17(15-14-13)10-16-7-5-12(6-8-16)11(2)3/h9,11-12H,4-8,10H2,1-3H3. The van der Waals surface area contributed by atoms with Crippen molar-refractivity contribution in [2.75, 3.05) is 13.1 Å². The molecule has 1 fully saturated rings. The quantitative estimate of drug-likeness (QED) is 0.803. The van der Waals surface area contributed by atoms with Crippen LogP contribution in [-0.4, -0.2) is 33.0 Å². The molecule has 0 atom stereocenters. The first-order valence-corrected chi connectivity index (χ1v) is 6.80. The van der Waals surface area contributed by atoms with Crippen LogP contribution in [0, 0.1) is 11.8 Å². The zero-order chi connectivity index (χ0) is 12.3. The molecular weight excluding hydrogens is 212 g/mol. The van der Waals surface area contributed by atoms with Crippen molar-refractivity contribution < 1.29 is 0 Å². The molecule has 0 radical (unpaired) electrons. The molecule has 2 heterocycles. The van der Waals surface area contributed by atoms with Crippen LogP contribution in [0.25, 0.3) is 0 Å². The lowest BCUT2D eigenvalue weighted by Gasteiger charge is -2.33. The largest absolute Gasteiger partial charge is 0.284 e. The molecule has 0 unspecified atom stereocenters. The van der Waals surface area contributed by atoms with Crippen LogP contribution in [0.5, 0.6) is 0 Å². The van der Waals surface area contributed by atoms with Gasteiger partial charge in [-0.3, -0.25) is 4.90 Å². The Bertz CT molecular complexity index is 337. The fourth-order valence-electron chi connectivity index (χ4n) is 2.54. The maximum Gasteiger partial charge on any atom is 0.0946 e. The summed E-state index contributed by atoms with van der Waals surface area (Å²) in [6.07, 6.45) is 5.68. The topological polar surface area (TPSA) is 34.0 Å². The highest BCUT2D eigenvalue weighted by Crippen LogP contribution is 2.24. The Morgan fingerprint density at radius 3 is 2.59 bits per heavy atom. The molecule has 0 spiro atoms. The molecular formula is C13H24N4. The van der Waals surface area contributed by atoms with Gasteiger partial charge < -0.3 is 0 Å². The van der Waals surface area contributed by atoms with Crippen molar-refractivity contribution in [3.05, 3.63) is 11.9 Å². The third kappa shape index (κ3) is 3.28. The van der Waals surface area contributed by atoms with Crippen LogP contribution in [0.2, 0.25) is 0 Å². The number of aryl methyl sites for hydroxylation is 1. The molecule has 0 amide bonds. The number of rotatable bonds is 4. The zero-order valence-corrected chi connectivity index (χ0v) is 11.3. The Morgan fingerprint density at radius 1 is 1.35 bits per heavy atom. The lowest BCUT2D eigenvalue weighted by atomic mass is 9.87. The molecule has 0 aromatic carbocycles. The molecule has 1 aromatic heterocycles. The minimum absolute atomic E-state index is 0.829. The van der Waals surface area contributed by atoms with E-state index in [0.29, 0.717) is 0 Å². The molecule has 0 N–H and O–H groups in total. The molecule has 1 aliphatic rings. The molecule has 0 saturated carbocycles. The van der Waals surface area contributed by atoms with Crippen LogP contribution in [0.4, 0.5) is 0 Å². The van der Waals surface area contributed by atoms with Crippen molar-refractivity contribution >= 4 is 0 Å². The molecule has 2 rings (SSSR count). The van der Waals surface area contributed by atoms with E-state index in [-0.39, 0.29) is 0 Å². The highest BCUT2D eigenvalue weighted by atomic mass is 15.5. The number of nitrogens with zero attached hydrogens (tertiary/aromatic N) is 4. The summed E-state index contributed by atoms with van der Waals surface area (Å²) in [5.41, 5.74) is 1.09. The SMILES string of the molecule is CCc1cn(CN2CCC(C(C)C)CC2)nn1. The zero-order valence-electron chi connectivity index (χ0n) is 11.3. The van der Waals surface area contributed by atoms with E-state index in [2.05, 4.69) is 42.2 Å². The molecule has 0 aliphatic carbocycles. The predicted molar refractivity (Wildman–Crippen MR) is 68.5 cm³/mol. The smallest absolute Gasteiger partial charge is 0.0946 e. The average molecular weight is 236 g/mol. The number of piperidine rings is 1. The van der Waals surface area contributed by atoms with Crippen LogP contribution in [0.15, 0.2) is 6.20 Å². The van der Waals surface area contributed by atoms with E-state index in [0.717, 1.165) is 30.6 Å². The Labute approximate surface area is 104 Å². The van der Waals surface area contributed by atoms with Gasteiger partial charge in [0.15, 0.2) is 0 Å². The van der Waals surface area contributed by atoms with Crippen LogP contribution in [0.1, 0.15) is 39.3 Å². The highest BCUT2D eigenvalue weighted by molar-refractivity contribution is 4.90. The molecule has 1 aromatic rings. The van der Waals surface area contributed by atoms with Gasteiger partial charge in [0.2, 0.25) is 0 Å². The first kappa shape index (κ1) is 12.6. The van der Waals surface area contributed by atoms with E-state index in [1.807, 2.05) is 4.68 Å². The van der Waals surface area contributed by atoms with Gasteiger partial charge in [-0.2, -0.15) is 0 Å². The van der Waals surface area contributed by atoms with Gasteiger partial charge in [-0.1, -0.05) is 26.0 Å². The van der Waals surface area contributed by atoms with Gasteiger partial charge in [-0.05, 0) is 31.1 Å². The van der Waals surface area contributed by atoms with E-state index >= 15 is 0 Å². The Hall–Kier alpha value is -0.900. The first-order chi connectivity index (χ1) is 8.19. The number of aromatic nitrogens is 3. The van der Waals surface area contributed by atoms with E-state index < -0.39 is 0 Å². The second-order valence-electron chi connectivity index (χ2n) is 5.44. The van der Waals surface area contributed by atoms with Gasteiger partial charge in [-0.25, -0.2) is 4.68 Å². The first-order valence-electron chi connectivity index (χ1n) is 6.80. The summed E-state index contributed by atoms with van der Waals surface area (Å²) in [6, 6.07) is 0. The molecule has 17 heavy (non-hydrogen) atoms. The second-order valence-corrected chi connectivity index (χ2v) is 5.44. The predicted octanol–water partition coefficient (Wildman–Crippen LogP) is 2.17. The van der Waals surface area contributed by atoms with E-state index in [1.54, 1.807) is 0 Å². The van der Waals surface area contributed by atoms with Gasteiger partial charge >= 0.3 is 0 Å². The van der Waals surface area contributed by atoms with Crippen LogP contribution in [0.3, 0.4) is 0 Å². The molecule has 4 nitrogen and oxygen atoms in total. The second kappa shape index (κ2) is 5.63. The van der Waals surface area contributed by atoms with Crippen LogP contribution in [-0.2, 0) is 13.1 Å². The third-order valence-electron chi connectivity index (χ3n) is 3.87. The molecule has 4 heteroatoms. The minimum Gasteiger partial charge on any atom is -0.284 e. The summed E-state index contributed by atoms with van der Waals surface area (Å²) >= 11 is 0. The van der Waals surface area contributed by atoms with Crippen molar-refractivity contribution in [2.24, 2.45) is 11.8 Å². The Kier molecular flexibility index (Phi) is 4.15. The molecule has 1 aliphatic heterocycles. The average Bonchev–Trinajstić information content (AvgIpc) is 2.77. The maximum absolute atomic E-state index is 4.16. The minimum atomic E-state index is 0.829. The van der Waals surface area contributed by atoms with Crippen molar-refractivity contribution in [2.45, 2.75) is 46.7 Å². The summed E-state index contributed by atoms with van der Waals surface area (Å²) < 4.78 is 1.97. The molecule has 0 bridgehead atoms. The lowest BCUT2D eigenvalue weighted by molar-refractivity contribution is 0.121.